The van der Waals surface area contributed by atoms with Crippen LogP contribution in [0.3, 0.4) is 0 Å². The fourth-order valence-corrected chi connectivity index (χ4v) is 1.64. The van der Waals surface area contributed by atoms with Crippen molar-refractivity contribution in [1.29, 1.82) is 0 Å². The van der Waals surface area contributed by atoms with E-state index in [0.29, 0.717) is 0 Å². The van der Waals surface area contributed by atoms with Crippen molar-refractivity contribution in [2.75, 3.05) is 11.5 Å². The lowest BCUT2D eigenvalue weighted by molar-refractivity contribution is 0.103. The summed E-state index contributed by atoms with van der Waals surface area (Å²) >= 11 is 0. The number of para-hydroxylation sites is 1. The van der Waals surface area contributed by atoms with E-state index in [-0.39, 0.29) is 22.6 Å². The molecule has 0 aliphatic heterocycles. The number of halogens is 1. The first kappa shape index (κ1) is 12.0. The van der Waals surface area contributed by atoms with Gasteiger partial charge in [-0.2, -0.15) is 0 Å². The van der Waals surface area contributed by atoms with E-state index in [9.17, 15) is 9.18 Å². The molecule has 0 aliphatic carbocycles. The number of nitrogens with two attached hydrogens (primary N) is 2. The maximum Gasteiger partial charge on any atom is 0.198 e. The molecule has 0 unspecified atom stereocenters. The summed E-state index contributed by atoms with van der Waals surface area (Å²) in [6, 6.07) is 5.69. The first-order valence-electron chi connectivity index (χ1n) is 5.31. The zero-order valence-corrected chi connectivity index (χ0v) is 9.77. The monoisotopic (exact) mass is 245 g/mol. The molecule has 1 aromatic heterocycles. The molecular formula is C13H12FN3O. The van der Waals surface area contributed by atoms with Crippen molar-refractivity contribution in [1.82, 2.24) is 4.98 Å². The summed E-state index contributed by atoms with van der Waals surface area (Å²) in [6.07, 6.45) is 1.56. The molecule has 2 rings (SSSR count). The number of carbonyl (C=O) groups is 1. The Labute approximate surface area is 103 Å². The summed E-state index contributed by atoms with van der Waals surface area (Å²) in [5, 5.41) is 0. The van der Waals surface area contributed by atoms with Gasteiger partial charge in [0.1, 0.15) is 11.6 Å². The third-order valence-electron chi connectivity index (χ3n) is 2.60. The van der Waals surface area contributed by atoms with Gasteiger partial charge in [0.05, 0.1) is 11.3 Å². The van der Waals surface area contributed by atoms with E-state index in [1.807, 2.05) is 0 Å². The summed E-state index contributed by atoms with van der Waals surface area (Å²) in [5.74, 6) is -0.949. The topological polar surface area (TPSA) is 82.0 Å². The van der Waals surface area contributed by atoms with Crippen LogP contribution in [0.2, 0.25) is 0 Å². The zero-order valence-electron chi connectivity index (χ0n) is 9.77. The van der Waals surface area contributed by atoms with Crippen molar-refractivity contribution in [2.24, 2.45) is 0 Å². The normalized spacial score (nSPS) is 10.3. The van der Waals surface area contributed by atoms with Crippen LogP contribution in [0, 0.1) is 12.7 Å². The Hall–Kier alpha value is -2.43. The van der Waals surface area contributed by atoms with E-state index < -0.39 is 11.6 Å². The highest BCUT2D eigenvalue weighted by Gasteiger charge is 2.17. The maximum absolute atomic E-state index is 13.3. The van der Waals surface area contributed by atoms with Crippen molar-refractivity contribution in [3.63, 3.8) is 0 Å². The van der Waals surface area contributed by atoms with E-state index in [1.54, 1.807) is 19.2 Å². The van der Waals surface area contributed by atoms with Gasteiger partial charge in [-0.15, -0.1) is 0 Å². The van der Waals surface area contributed by atoms with Crippen LogP contribution in [0.15, 0.2) is 30.5 Å². The number of nitrogens with zero attached hydrogens (tertiary/aromatic N) is 1. The minimum atomic E-state index is -0.625. The van der Waals surface area contributed by atoms with Crippen molar-refractivity contribution < 1.29 is 9.18 Å². The third-order valence-corrected chi connectivity index (χ3v) is 2.60. The lowest BCUT2D eigenvalue weighted by Gasteiger charge is -2.08. The SMILES string of the molecule is Cc1cnc(N)c(C(=O)c2cccc(F)c2N)c1. The number of hydrogen-bond acceptors (Lipinski definition) is 4. The predicted octanol–water partition coefficient (Wildman–Crippen LogP) is 1.92. The molecule has 0 atom stereocenters. The van der Waals surface area contributed by atoms with Crippen LogP contribution in [0.4, 0.5) is 15.9 Å². The average molecular weight is 245 g/mol. The third kappa shape index (κ3) is 2.02. The number of anilines is 2. The Balaban J connectivity index is 2.55. The summed E-state index contributed by atoms with van der Waals surface area (Å²) in [6.45, 7) is 1.79. The van der Waals surface area contributed by atoms with Crippen LogP contribution >= 0.6 is 0 Å². The highest BCUT2D eigenvalue weighted by atomic mass is 19.1. The summed E-state index contributed by atoms with van der Waals surface area (Å²) in [4.78, 5) is 16.1. The Morgan fingerprint density at radius 3 is 2.72 bits per heavy atom. The number of aromatic nitrogens is 1. The second-order valence-electron chi connectivity index (χ2n) is 3.98. The number of rotatable bonds is 2. The molecule has 1 heterocycles. The average Bonchev–Trinajstić information content (AvgIpc) is 2.35. The molecule has 0 aliphatic rings. The first-order valence-corrected chi connectivity index (χ1v) is 5.31. The van der Waals surface area contributed by atoms with Gasteiger partial charge >= 0.3 is 0 Å². The van der Waals surface area contributed by atoms with E-state index >= 15 is 0 Å². The van der Waals surface area contributed by atoms with E-state index in [0.717, 1.165) is 5.56 Å². The minimum Gasteiger partial charge on any atom is -0.396 e. The van der Waals surface area contributed by atoms with Crippen LogP contribution in [0.5, 0.6) is 0 Å². The number of hydrogen-bond donors (Lipinski definition) is 2. The molecule has 4 N–H and O–H groups in total. The summed E-state index contributed by atoms with van der Waals surface area (Å²) in [5.41, 5.74) is 12.1. The van der Waals surface area contributed by atoms with Gasteiger partial charge in [-0.3, -0.25) is 4.79 Å². The summed E-state index contributed by atoms with van der Waals surface area (Å²) in [7, 11) is 0. The van der Waals surface area contributed by atoms with E-state index in [2.05, 4.69) is 4.98 Å². The second kappa shape index (κ2) is 4.44. The predicted molar refractivity (Wildman–Crippen MR) is 67.6 cm³/mol. The fraction of sp³-hybridized carbons (Fsp3) is 0.0769. The lowest BCUT2D eigenvalue weighted by atomic mass is 10.0. The second-order valence-corrected chi connectivity index (χ2v) is 3.98. The number of ketones is 1. The van der Waals surface area contributed by atoms with Gasteiger partial charge in [0.15, 0.2) is 5.78 Å². The van der Waals surface area contributed by atoms with Crippen LogP contribution in [-0.2, 0) is 0 Å². The Kier molecular flexibility index (Phi) is 2.97. The van der Waals surface area contributed by atoms with Gasteiger partial charge in [-0.25, -0.2) is 9.37 Å². The van der Waals surface area contributed by atoms with Crippen molar-refractivity contribution >= 4 is 17.3 Å². The van der Waals surface area contributed by atoms with E-state index in [4.69, 9.17) is 11.5 Å². The van der Waals surface area contributed by atoms with E-state index in [1.165, 1.54) is 18.2 Å². The molecule has 4 nitrogen and oxygen atoms in total. The molecule has 0 saturated carbocycles. The van der Waals surface area contributed by atoms with Crippen molar-refractivity contribution in [2.45, 2.75) is 6.92 Å². The van der Waals surface area contributed by atoms with Crippen molar-refractivity contribution in [3.8, 4) is 0 Å². The molecule has 2 aromatic rings. The van der Waals surface area contributed by atoms with Crippen molar-refractivity contribution in [3.05, 3.63) is 53.0 Å². The molecule has 0 bridgehead atoms. The minimum absolute atomic E-state index is 0.0918. The Morgan fingerprint density at radius 2 is 2.00 bits per heavy atom. The maximum atomic E-state index is 13.3. The molecule has 0 spiro atoms. The largest absolute Gasteiger partial charge is 0.396 e. The van der Waals surface area contributed by atoms with Crippen LogP contribution in [0.25, 0.3) is 0 Å². The van der Waals surface area contributed by atoms with Gasteiger partial charge in [0.25, 0.3) is 0 Å². The lowest BCUT2D eigenvalue weighted by Crippen LogP contribution is -2.10. The van der Waals surface area contributed by atoms with Gasteiger partial charge in [-0.1, -0.05) is 6.07 Å². The van der Waals surface area contributed by atoms with Crippen LogP contribution < -0.4 is 11.5 Å². The van der Waals surface area contributed by atoms with Gasteiger partial charge < -0.3 is 11.5 Å². The number of benzene rings is 1. The molecule has 0 amide bonds. The molecule has 18 heavy (non-hydrogen) atoms. The molecule has 5 heteroatoms. The fourth-order valence-electron chi connectivity index (χ4n) is 1.64. The van der Waals surface area contributed by atoms with Crippen LogP contribution in [0.1, 0.15) is 21.5 Å². The highest BCUT2D eigenvalue weighted by Crippen LogP contribution is 2.22. The van der Waals surface area contributed by atoms with Gasteiger partial charge in [-0.05, 0) is 30.7 Å². The number of pyridine rings is 1. The molecule has 92 valence electrons. The molecule has 0 radical (unpaired) electrons. The highest BCUT2D eigenvalue weighted by molar-refractivity contribution is 6.14. The number of carbonyl (C=O) groups excluding carboxylic acids is 1. The Bertz CT molecular complexity index is 622. The molecular weight excluding hydrogens is 233 g/mol. The quantitative estimate of drug-likeness (QED) is 0.625. The number of nitrogen functional groups attached to an aromatic ring is 2. The Morgan fingerprint density at radius 1 is 1.28 bits per heavy atom. The van der Waals surface area contributed by atoms with Gasteiger partial charge in [0, 0.05) is 11.8 Å². The summed E-state index contributed by atoms with van der Waals surface area (Å²) < 4.78 is 13.3. The van der Waals surface area contributed by atoms with Gasteiger partial charge in [0.2, 0.25) is 0 Å². The van der Waals surface area contributed by atoms with Crippen LogP contribution in [-0.4, -0.2) is 10.8 Å². The number of aryl methyl sites for hydroxylation is 1. The molecule has 1 aromatic carbocycles. The zero-order chi connectivity index (χ0) is 13.3. The standard InChI is InChI=1S/C13H12FN3O/c1-7-5-9(13(16)17-6-7)12(18)8-3-2-4-10(14)11(8)15/h2-6H,15H2,1H3,(H2,16,17). The molecule has 0 fully saturated rings. The smallest absolute Gasteiger partial charge is 0.198 e. The molecule has 0 saturated heterocycles. The first-order chi connectivity index (χ1) is 8.50.